The van der Waals surface area contributed by atoms with Crippen molar-refractivity contribution in [2.24, 2.45) is 0 Å². The molecule has 0 radical (unpaired) electrons. The number of halogens is 2. The lowest BCUT2D eigenvalue weighted by Gasteiger charge is -2.26. The quantitative estimate of drug-likeness (QED) is 0.790. The zero-order chi connectivity index (χ0) is 13.2. The van der Waals surface area contributed by atoms with Crippen molar-refractivity contribution in [3.63, 3.8) is 0 Å². The van der Waals surface area contributed by atoms with Gasteiger partial charge in [-0.15, -0.1) is 0 Å². The van der Waals surface area contributed by atoms with Crippen LogP contribution in [0.4, 0.5) is 4.39 Å². The summed E-state index contributed by atoms with van der Waals surface area (Å²) >= 11 is 6.18. The van der Waals surface area contributed by atoms with Crippen LogP contribution in [-0.4, -0.2) is 9.55 Å². The summed E-state index contributed by atoms with van der Waals surface area (Å²) in [4.78, 5) is 4.08. The third kappa shape index (κ3) is 2.30. The highest BCUT2D eigenvalue weighted by molar-refractivity contribution is 6.32. The van der Waals surface area contributed by atoms with E-state index in [9.17, 15) is 4.39 Å². The highest BCUT2D eigenvalue weighted by Gasteiger charge is 2.24. The Balaban J connectivity index is 2.09. The van der Waals surface area contributed by atoms with E-state index in [1.54, 1.807) is 24.7 Å². The molecule has 98 valence electrons. The van der Waals surface area contributed by atoms with Crippen molar-refractivity contribution in [2.45, 2.75) is 25.3 Å². The van der Waals surface area contributed by atoms with E-state index in [0.29, 0.717) is 10.6 Å². The van der Waals surface area contributed by atoms with Crippen LogP contribution in [0.15, 0.2) is 43.0 Å². The third-order valence-corrected chi connectivity index (χ3v) is 3.86. The van der Waals surface area contributed by atoms with Gasteiger partial charge in [0.2, 0.25) is 0 Å². The summed E-state index contributed by atoms with van der Waals surface area (Å²) in [7, 11) is 0. The zero-order valence-corrected chi connectivity index (χ0v) is 11.1. The van der Waals surface area contributed by atoms with Gasteiger partial charge in [0.05, 0.1) is 17.4 Å². The fraction of sp³-hybridized carbons (Fsp3) is 0.267. The minimum absolute atomic E-state index is 0.116. The van der Waals surface area contributed by atoms with E-state index in [1.165, 1.54) is 6.07 Å². The Labute approximate surface area is 116 Å². The summed E-state index contributed by atoms with van der Waals surface area (Å²) in [5.74, 6) is -0.259. The molecule has 1 aromatic carbocycles. The normalized spacial score (nSPS) is 19.3. The molecule has 1 aliphatic carbocycles. The Bertz CT molecular complexity index is 584. The molecule has 1 atom stereocenters. The number of allylic oxidation sites excluding steroid dienone is 2. The van der Waals surface area contributed by atoms with E-state index in [-0.39, 0.29) is 11.9 Å². The maximum absolute atomic E-state index is 14.1. The van der Waals surface area contributed by atoms with Crippen LogP contribution in [0, 0.1) is 5.82 Å². The van der Waals surface area contributed by atoms with Crippen LogP contribution in [-0.2, 0) is 0 Å². The Kier molecular flexibility index (Phi) is 3.38. The van der Waals surface area contributed by atoms with E-state index >= 15 is 0 Å². The molecule has 1 aromatic heterocycles. The smallest absolute Gasteiger partial charge is 0.132 e. The molecule has 19 heavy (non-hydrogen) atoms. The second kappa shape index (κ2) is 5.17. The van der Waals surface area contributed by atoms with Crippen molar-refractivity contribution in [1.29, 1.82) is 0 Å². The molecule has 1 heterocycles. The molecule has 0 N–H and O–H groups in total. The molecule has 2 nitrogen and oxygen atoms in total. The second-order valence-corrected chi connectivity index (χ2v) is 5.12. The number of nitrogens with zero attached hydrogens (tertiary/aromatic N) is 2. The molecule has 1 unspecified atom stereocenters. The molecule has 3 rings (SSSR count). The molecule has 0 bridgehead atoms. The average molecular weight is 277 g/mol. The fourth-order valence-corrected chi connectivity index (χ4v) is 2.94. The molecular formula is C15H14ClFN2. The van der Waals surface area contributed by atoms with Crippen LogP contribution >= 0.6 is 11.6 Å². The molecule has 0 saturated carbocycles. The molecule has 1 aliphatic rings. The molecule has 4 heteroatoms. The van der Waals surface area contributed by atoms with Gasteiger partial charge >= 0.3 is 0 Å². The van der Waals surface area contributed by atoms with Gasteiger partial charge in [-0.05, 0) is 37.0 Å². The molecule has 0 amide bonds. The molecule has 0 spiro atoms. The number of benzene rings is 1. The SMILES string of the molecule is Fc1cccc(Cl)c1C1=CCCCC1n1ccnc1. The van der Waals surface area contributed by atoms with Gasteiger partial charge in [0.25, 0.3) is 0 Å². The minimum Gasteiger partial charge on any atom is -0.330 e. The van der Waals surface area contributed by atoms with E-state index in [4.69, 9.17) is 11.6 Å². The first-order valence-corrected chi connectivity index (χ1v) is 6.77. The number of imidazole rings is 1. The maximum atomic E-state index is 14.1. The van der Waals surface area contributed by atoms with Crippen molar-refractivity contribution in [1.82, 2.24) is 9.55 Å². The summed E-state index contributed by atoms with van der Waals surface area (Å²) < 4.78 is 16.1. The van der Waals surface area contributed by atoms with Gasteiger partial charge in [0.15, 0.2) is 0 Å². The largest absolute Gasteiger partial charge is 0.330 e. The van der Waals surface area contributed by atoms with E-state index in [1.807, 2.05) is 10.8 Å². The van der Waals surface area contributed by atoms with E-state index < -0.39 is 0 Å². The van der Waals surface area contributed by atoms with Crippen molar-refractivity contribution in [3.05, 3.63) is 59.4 Å². The lowest BCUT2D eigenvalue weighted by atomic mass is 9.88. The summed E-state index contributed by atoms with van der Waals surface area (Å²) in [6, 6.07) is 4.95. The van der Waals surface area contributed by atoms with Crippen molar-refractivity contribution >= 4 is 17.2 Å². The Hall–Kier alpha value is -1.61. The monoisotopic (exact) mass is 276 g/mol. The van der Waals surface area contributed by atoms with Gasteiger partial charge in [0.1, 0.15) is 5.82 Å². The summed E-state index contributed by atoms with van der Waals surface area (Å²) in [5, 5.41) is 0.471. The van der Waals surface area contributed by atoms with Gasteiger partial charge in [-0.3, -0.25) is 0 Å². The Morgan fingerprint density at radius 3 is 3.00 bits per heavy atom. The van der Waals surface area contributed by atoms with Crippen LogP contribution in [0.25, 0.3) is 5.57 Å². The van der Waals surface area contributed by atoms with E-state index in [2.05, 4.69) is 11.1 Å². The van der Waals surface area contributed by atoms with Crippen LogP contribution in [0.3, 0.4) is 0 Å². The topological polar surface area (TPSA) is 17.8 Å². The van der Waals surface area contributed by atoms with E-state index in [0.717, 1.165) is 24.8 Å². The van der Waals surface area contributed by atoms with Gasteiger partial charge in [0, 0.05) is 18.0 Å². The molecule has 2 aromatic rings. The second-order valence-electron chi connectivity index (χ2n) is 4.71. The van der Waals surface area contributed by atoms with Gasteiger partial charge in [-0.1, -0.05) is 23.7 Å². The number of aromatic nitrogens is 2. The predicted octanol–water partition coefficient (Wildman–Crippen LogP) is 4.48. The zero-order valence-electron chi connectivity index (χ0n) is 10.4. The fourth-order valence-electron chi connectivity index (χ4n) is 2.67. The van der Waals surface area contributed by atoms with Crippen molar-refractivity contribution in [2.75, 3.05) is 0 Å². The van der Waals surface area contributed by atoms with Crippen LogP contribution < -0.4 is 0 Å². The number of rotatable bonds is 2. The van der Waals surface area contributed by atoms with Crippen LogP contribution in [0.5, 0.6) is 0 Å². The average Bonchev–Trinajstić information content (AvgIpc) is 2.93. The predicted molar refractivity (Wildman–Crippen MR) is 74.5 cm³/mol. The van der Waals surface area contributed by atoms with Crippen LogP contribution in [0.2, 0.25) is 5.02 Å². The highest BCUT2D eigenvalue weighted by Crippen LogP contribution is 2.39. The first kappa shape index (κ1) is 12.4. The Morgan fingerprint density at radius 1 is 1.37 bits per heavy atom. The van der Waals surface area contributed by atoms with Gasteiger partial charge in [-0.2, -0.15) is 0 Å². The van der Waals surface area contributed by atoms with Crippen LogP contribution in [0.1, 0.15) is 30.9 Å². The number of hydrogen-bond donors (Lipinski definition) is 0. The van der Waals surface area contributed by atoms with Gasteiger partial charge in [-0.25, -0.2) is 9.37 Å². The van der Waals surface area contributed by atoms with Crippen molar-refractivity contribution < 1.29 is 4.39 Å². The summed E-state index contributed by atoms with van der Waals surface area (Å²) in [6.45, 7) is 0. The van der Waals surface area contributed by atoms with Crippen molar-refractivity contribution in [3.8, 4) is 0 Å². The highest BCUT2D eigenvalue weighted by atomic mass is 35.5. The first-order chi connectivity index (χ1) is 9.27. The summed E-state index contributed by atoms with van der Waals surface area (Å²) in [6.07, 6.45) is 10.6. The molecular weight excluding hydrogens is 263 g/mol. The lowest BCUT2D eigenvalue weighted by Crippen LogP contribution is -2.13. The maximum Gasteiger partial charge on any atom is 0.132 e. The molecule has 0 aliphatic heterocycles. The summed E-state index contributed by atoms with van der Waals surface area (Å²) in [5.41, 5.74) is 1.50. The van der Waals surface area contributed by atoms with Gasteiger partial charge < -0.3 is 4.57 Å². The Morgan fingerprint density at radius 2 is 2.26 bits per heavy atom. The molecule has 0 fully saturated rings. The first-order valence-electron chi connectivity index (χ1n) is 6.39. The minimum atomic E-state index is -0.259. The third-order valence-electron chi connectivity index (χ3n) is 3.54. The standard InChI is InChI=1S/C15H14ClFN2/c16-12-5-3-6-13(17)15(12)11-4-1-2-7-14(11)19-9-8-18-10-19/h3-6,8-10,14H,1-2,7H2. The number of hydrogen-bond acceptors (Lipinski definition) is 1. The lowest BCUT2D eigenvalue weighted by molar-refractivity contribution is 0.527. The molecule has 0 saturated heterocycles.